The molecule has 0 unspecified atom stereocenters. The maximum atomic E-state index is 12.1. The molecule has 0 aliphatic carbocycles. The third-order valence-electron chi connectivity index (χ3n) is 2.82. The van der Waals surface area contributed by atoms with Gasteiger partial charge < -0.3 is 10.4 Å². The van der Waals surface area contributed by atoms with E-state index in [0.717, 1.165) is 11.4 Å². The van der Waals surface area contributed by atoms with Crippen molar-refractivity contribution in [3.63, 3.8) is 0 Å². The highest BCUT2D eigenvalue weighted by Crippen LogP contribution is 2.15. The van der Waals surface area contributed by atoms with Crippen molar-refractivity contribution in [2.75, 3.05) is 5.32 Å². The van der Waals surface area contributed by atoms with E-state index in [4.69, 9.17) is 0 Å². The average molecular weight is 257 g/mol. The Hall–Kier alpha value is -2.43. The minimum Gasteiger partial charge on any atom is -0.508 e. The number of carbonyl (C=O) groups excluding carboxylic acids is 1. The highest BCUT2D eigenvalue weighted by atomic mass is 16.3. The van der Waals surface area contributed by atoms with Crippen LogP contribution >= 0.6 is 0 Å². The Bertz CT molecular complexity index is 621. The highest BCUT2D eigenvalue weighted by molar-refractivity contribution is 6.03. The van der Waals surface area contributed by atoms with E-state index in [-0.39, 0.29) is 11.7 Å². The standard InChI is InChI=1S/C14H15N3O2/c1-8-9(2)16-13(10(3)15-8)14(19)17-11-4-6-12(18)7-5-11/h4-7,18H,1-3H3,(H,17,19). The minimum atomic E-state index is -0.307. The van der Waals surface area contributed by atoms with Crippen LogP contribution in [-0.4, -0.2) is 21.0 Å². The van der Waals surface area contributed by atoms with Crippen LogP contribution in [0.25, 0.3) is 0 Å². The first-order chi connectivity index (χ1) is 8.97. The number of phenols is 1. The van der Waals surface area contributed by atoms with Crippen LogP contribution in [0.3, 0.4) is 0 Å². The summed E-state index contributed by atoms with van der Waals surface area (Å²) in [7, 11) is 0. The van der Waals surface area contributed by atoms with Gasteiger partial charge in [-0.2, -0.15) is 0 Å². The normalized spacial score (nSPS) is 10.3. The van der Waals surface area contributed by atoms with Gasteiger partial charge in [0.25, 0.3) is 5.91 Å². The Kier molecular flexibility index (Phi) is 3.46. The van der Waals surface area contributed by atoms with Gasteiger partial charge in [-0.15, -0.1) is 0 Å². The lowest BCUT2D eigenvalue weighted by atomic mass is 10.2. The van der Waals surface area contributed by atoms with Crippen molar-refractivity contribution in [1.82, 2.24) is 9.97 Å². The van der Waals surface area contributed by atoms with Crippen LogP contribution in [-0.2, 0) is 0 Å². The number of carbonyl (C=O) groups is 1. The van der Waals surface area contributed by atoms with Crippen LogP contribution in [0.15, 0.2) is 24.3 Å². The Balaban J connectivity index is 2.25. The Morgan fingerprint density at radius 2 is 1.58 bits per heavy atom. The molecule has 0 fully saturated rings. The summed E-state index contributed by atoms with van der Waals surface area (Å²) in [5.41, 5.74) is 3.07. The van der Waals surface area contributed by atoms with Gasteiger partial charge in [0, 0.05) is 5.69 Å². The minimum absolute atomic E-state index is 0.153. The van der Waals surface area contributed by atoms with Crippen molar-refractivity contribution in [2.24, 2.45) is 0 Å². The zero-order chi connectivity index (χ0) is 14.0. The molecule has 0 spiro atoms. The fourth-order valence-corrected chi connectivity index (χ4v) is 1.67. The molecule has 98 valence electrons. The number of nitrogens with one attached hydrogen (secondary N) is 1. The number of benzene rings is 1. The van der Waals surface area contributed by atoms with Gasteiger partial charge in [0.15, 0.2) is 0 Å². The van der Waals surface area contributed by atoms with Crippen molar-refractivity contribution in [3.8, 4) is 5.75 Å². The Morgan fingerprint density at radius 3 is 2.21 bits per heavy atom. The zero-order valence-corrected chi connectivity index (χ0v) is 11.1. The van der Waals surface area contributed by atoms with E-state index in [1.54, 1.807) is 19.1 Å². The molecular weight excluding hydrogens is 242 g/mol. The number of aromatic nitrogens is 2. The van der Waals surface area contributed by atoms with E-state index < -0.39 is 0 Å². The molecule has 0 aliphatic rings. The van der Waals surface area contributed by atoms with Gasteiger partial charge in [-0.1, -0.05) is 0 Å². The van der Waals surface area contributed by atoms with Crippen LogP contribution < -0.4 is 5.32 Å². The van der Waals surface area contributed by atoms with Crippen LogP contribution in [0.5, 0.6) is 5.75 Å². The van der Waals surface area contributed by atoms with Gasteiger partial charge in [-0.25, -0.2) is 4.98 Å². The maximum Gasteiger partial charge on any atom is 0.276 e. The van der Waals surface area contributed by atoms with Gasteiger partial charge in [-0.05, 0) is 45.0 Å². The van der Waals surface area contributed by atoms with E-state index in [9.17, 15) is 9.90 Å². The summed E-state index contributed by atoms with van der Waals surface area (Å²) >= 11 is 0. The largest absolute Gasteiger partial charge is 0.508 e. The molecular formula is C14H15N3O2. The van der Waals surface area contributed by atoms with E-state index >= 15 is 0 Å². The molecule has 0 saturated heterocycles. The van der Waals surface area contributed by atoms with Crippen LogP contribution in [0.1, 0.15) is 27.6 Å². The summed E-state index contributed by atoms with van der Waals surface area (Å²) in [4.78, 5) is 20.7. The van der Waals surface area contributed by atoms with Crippen molar-refractivity contribution in [3.05, 3.63) is 47.0 Å². The van der Waals surface area contributed by atoms with E-state index in [1.807, 2.05) is 13.8 Å². The van der Waals surface area contributed by atoms with E-state index in [0.29, 0.717) is 17.1 Å². The van der Waals surface area contributed by atoms with Crippen molar-refractivity contribution in [2.45, 2.75) is 20.8 Å². The number of nitrogens with zero attached hydrogens (tertiary/aromatic N) is 2. The van der Waals surface area contributed by atoms with Gasteiger partial charge in [0.2, 0.25) is 0 Å². The molecule has 0 bridgehead atoms. The number of anilines is 1. The smallest absolute Gasteiger partial charge is 0.276 e. The van der Waals surface area contributed by atoms with Crippen LogP contribution in [0.4, 0.5) is 5.69 Å². The molecule has 0 saturated carbocycles. The Labute approximate surface area is 111 Å². The molecule has 2 N–H and O–H groups in total. The third kappa shape index (κ3) is 2.88. The number of aryl methyl sites for hydroxylation is 3. The lowest BCUT2D eigenvalue weighted by Crippen LogP contribution is -2.17. The van der Waals surface area contributed by atoms with Crippen molar-refractivity contribution < 1.29 is 9.90 Å². The first kappa shape index (κ1) is 13.0. The van der Waals surface area contributed by atoms with Crippen molar-refractivity contribution >= 4 is 11.6 Å². The molecule has 0 radical (unpaired) electrons. The molecule has 1 aromatic heterocycles. The molecule has 0 aliphatic heterocycles. The molecule has 1 aromatic carbocycles. The topological polar surface area (TPSA) is 75.1 Å². The number of amides is 1. The molecule has 2 rings (SSSR count). The van der Waals surface area contributed by atoms with E-state index in [2.05, 4.69) is 15.3 Å². The molecule has 2 aromatic rings. The summed E-state index contributed by atoms with van der Waals surface area (Å²) < 4.78 is 0. The lowest BCUT2D eigenvalue weighted by Gasteiger charge is -2.08. The number of phenolic OH excluding ortho intramolecular Hbond substituents is 1. The summed E-state index contributed by atoms with van der Waals surface area (Å²) in [6.07, 6.45) is 0. The SMILES string of the molecule is Cc1nc(C)c(C(=O)Nc2ccc(O)cc2)nc1C. The number of hydrogen-bond donors (Lipinski definition) is 2. The predicted molar refractivity (Wildman–Crippen MR) is 72.3 cm³/mol. The van der Waals surface area contributed by atoms with E-state index in [1.165, 1.54) is 12.1 Å². The first-order valence-electron chi connectivity index (χ1n) is 5.89. The monoisotopic (exact) mass is 257 g/mol. The fraction of sp³-hybridized carbons (Fsp3) is 0.214. The molecule has 1 amide bonds. The predicted octanol–water partition coefficient (Wildman–Crippen LogP) is 2.36. The van der Waals surface area contributed by atoms with Gasteiger partial charge in [0.05, 0.1) is 17.1 Å². The summed E-state index contributed by atoms with van der Waals surface area (Å²) in [6.45, 7) is 5.43. The summed E-state index contributed by atoms with van der Waals surface area (Å²) in [6, 6.07) is 6.26. The lowest BCUT2D eigenvalue weighted by molar-refractivity contribution is 0.102. The van der Waals surface area contributed by atoms with Crippen molar-refractivity contribution in [1.29, 1.82) is 0 Å². The number of rotatable bonds is 2. The highest BCUT2D eigenvalue weighted by Gasteiger charge is 2.13. The molecule has 5 nitrogen and oxygen atoms in total. The fourth-order valence-electron chi connectivity index (χ4n) is 1.67. The summed E-state index contributed by atoms with van der Waals surface area (Å²) in [5.74, 6) is -0.154. The molecule has 0 atom stereocenters. The Morgan fingerprint density at radius 1 is 1.00 bits per heavy atom. The van der Waals surface area contributed by atoms with Gasteiger partial charge >= 0.3 is 0 Å². The second kappa shape index (κ2) is 5.06. The zero-order valence-electron chi connectivity index (χ0n) is 11.1. The van der Waals surface area contributed by atoms with Crippen LogP contribution in [0.2, 0.25) is 0 Å². The van der Waals surface area contributed by atoms with Gasteiger partial charge in [-0.3, -0.25) is 9.78 Å². The second-order valence-corrected chi connectivity index (χ2v) is 4.33. The molecule has 19 heavy (non-hydrogen) atoms. The molecule has 5 heteroatoms. The third-order valence-corrected chi connectivity index (χ3v) is 2.82. The molecule has 1 heterocycles. The van der Waals surface area contributed by atoms with Crippen LogP contribution in [0, 0.1) is 20.8 Å². The first-order valence-corrected chi connectivity index (χ1v) is 5.89. The second-order valence-electron chi connectivity index (χ2n) is 4.33. The summed E-state index contributed by atoms with van der Waals surface area (Å²) in [5, 5.41) is 11.9. The van der Waals surface area contributed by atoms with Gasteiger partial charge in [0.1, 0.15) is 11.4 Å². The quantitative estimate of drug-likeness (QED) is 0.810. The number of hydrogen-bond acceptors (Lipinski definition) is 4. The average Bonchev–Trinajstić information content (AvgIpc) is 2.36. The number of aromatic hydroxyl groups is 1. The maximum absolute atomic E-state index is 12.1.